The standard InChI is InChI=1S/C17H24O4.C10H12O3/c1-5-8-13(17(18)21-6-2)11-12-14-15(19-3)9-7-10-16(14)20-4;1-12-9-4-3-5-10(13-2)8(9)6-7-11/h7,9-11H,5-6,8,12H2,1-4H3;3-5,7H,6H2,1-2H3/b13-11+;. The fourth-order valence-corrected chi connectivity index (χ4v) is 3.35. The molecule has 0 unspecified atom stereocenters. The molecule has 0 N–H and O–H groups in total. The molecule has 0 atom stereocenters. The number of allylic oxidation sites excluding steroid dienone is 1. The summed E-state index contributed by atoms with van der Waals surface area (Å²) in [5, 5.41) is 0. The maximum Gasteiger partial charge on any atom is 0.333 e. The van der Waals surface area contributed by atoms with Gasteiger partial charge in [-0.05, 0) is 44.0 Å². The zero-order chi connectivity index (χ0) is 25.3. The summed E-state index contributed by atoms with van der Waals surface area (Å²) in [6.45, 7) is 4.24. The summed E-state index contributed by atoms with van der Waals surface area (Å²) in [6.07, 6.45) is 5.22. The van der Waals surface area contributed by atoms with Crippen LogP contribution >= 0.6 is 0 Å². The van der Waals surface area contributed by atoms with Gasteiger partial charge in [0.05, 0.1) is 35.0 Å². The van der Waals surface area contributed by atoms with Crippen molar-refractivity contribution in [1.29, 1.82) is 0 Å². The Morgan fingerprint density at radius 2 is 1.21 bits per heavy atom. The van der Waals surface area contributed by atoms with Gasteiger partial charge in [0.25, 0.3) is 0 Å². The van der Waals surface area contributed by atoms with Crippen LogP contribution in [0.15, 0.2) is 48.0 Å². The van der Waals surface area contributed by atoms with Crippen LogP contribution in [0, 0.1) is 0 Å². The molecule has 2 aromatic carbocycles. The molecule has 2 rings (SSSR count). The molecule has 2 aromatic rings. The van der Waals surface area contributed by atoms with Crippen LogP contribution in [0.4, 0.5) is 0 Å². The van der Waals surface area contributed by atoms with Crippen molar-refractivity contribution >= 4 is 12.3 Å². The van der Waals surface area contributed by atoms with Gasteiger partial charge in [0.2, 0.25) is 0 Å². The predicted molar refractivity (Wildman–Crippen MR) is 132 cm³/mol. The highest BCUT2D eigenvalue weighted by Crippen LogP contribution is 2.30. The van der Waals surface area contributed by atoms with Crippen molar-refractivity contribution < 1.29 is 33.3 Å². The van der Waals surface area contributed by atoms with E-state index >= 15 is 0 Å². The SMILES string of the molecule is CCC/C(=C\Cc1c(OC)cccc1OC)C(=O)OCC.COc1cccc(OC)c1CC=O. The Labute approximate surface area is 202 Å². The Morgan fingerprint density at radius 1 is 0.765 bits per heavy atom. The first-order chi connectivity index (χ1) is 16.5. The number of benzene rings is 2. The van der Waals surface area contributed by atoms with Crippen molar-refractivity contribution in [1.82, 2.24) is 0 Å². The minimum atomic E-state index is -0.242. The first kappa shape index (κ1) is 28.6. The molecule has 0 heterocycles. The third-order valence-corrected chi connectivity index (χ3v) is 4.96. The lowest BCUT2D eigenvalue weighted by Crippen LogP contribution is -2.08. The van der Waals surface area contributed by atoms with Crippen LogP contribution in [-0.4, -0.2) is 47.3 Å². The first-order valence-electron chi connectivity index (χ1n) is 11.2. The van der Waals surface area contributed by atoms with Crippen molar-refractivity contribution in [2.75, 3.05) is 35.0 Å². The highest BCUT2D eigenvalue weighted by atomic mass is 16.5. The van der Waals surface area contributed by atoms with Crippen LogP contribution in [0.1, 0.15) is 37.8 Å². The second-order valence-electron chi connectivity index (χ2n) is 7.06. The van der Waals surface area contributed by atoms with Gasteiger partial charge < -0.3 is 28.5 Å². The van der Waals surface area contributed by atoms with Gasteiger partial charge in [-0.2, -0.15) is 0 Å². The lowest BCUT2D eigenvalue weighted by Gasteiger charge is -2.12. The molecule has 186 valence electrons. The fraction of sp³-hybridized carbons (Fsp3) is 0.407. The van der Waals surface area contributed by atoms with Crippen molar-refractivity contribution in [2.45, 2.75) is 39.5 Å². The van der Waals surface area contributed by atoms with Crippen LogP contribution < -0.4 is 18.9 Å². The van der Waals surface area contributed by atoms with E-state index < -0.39 is 0 Å². The van der Waals surface area contributed by atoms with E-state index in [0.717, 1.165) is 35.3 Å². The molecule has 7 heteroatoms. The number of carbonyl (C=O) groups excluding carboxylic acids is 2. The molecule has 0 aliphatic heterocycles. The number of rotatable bonds is 12. The smallest absolute Gasteiger partial charge is 0.333 e. The van der Waals surface area contributed by atoms with Crippen LogP contribution in [0.2, 0.25) is 0 Å². The molecule has 0 aliphatic carbocycles. The van der Waals surface area contributed by atoms with Crippen LogP contribution in [0.25, 0.3) is 0 Å². The summed E-state index contributed by atoms with van der Waals surface area (Å²) in [5.41, 5.74) is 2.43. The molecule has 34 heavy (non-hydrogen) atoms. The van der Waals surface area contributed by atoms with E-state index in [2.05, 4.69) is 0 Å². The zero-order valence-electron chi connectivity index (χ0n) is 21.0. The van der Waals surface area contributed by atoms with Gasteiger partial charge in [0.15, 0.2) is 0 Å². The van der Waals surface area contributed by atoms with E-state index in [4.69, 9.17) is 23.7 Å². The molecule has 0 saturated heterocycles. The molecule has 0 bridgehead atoms. The zero-order valence-corrected chi connectivity index (χ0v) is 21.0. The van der Waals surface area contributed by atoms with E-state index in [1.807, 2.05) is 44.2 Å². The topological polar surface area (TPSA) is 80.3 Å². The van der Waals surface area contributed by atoms with Gasteiger partial charge in [-0.15, -0.1) is 0 Å². The van der Waals surface area contributed by atoms with Crippen molar-refractivity contribution in [3.05, 3.63) is 59.2 Å². The normalized spacial score (nSPS) is 10.5. The quantitative estimate of drug-likeness (QED) is 0.245. The molecule has 0 saturated carbocycles. The van der Waals surface area contributed by atoms with E-state index in [1.54, 1.807) is 40.6 Å². The summed E-state index contributed by atoms with van der Waals surface area (Å²) in [4.78, 5) is 22.3. The maximum atomic E-state index is 11.9. The van der Waals surface area contributed by atoms with Crippen LogP contribution in [0.3, 0.4) is 0 Å². The highest BCUT2D eigenvalue weighted by Gasteiger charge is 2.13. The van der Waals surface area contributed by atoms with Gasteiger partial charge in [-0.1, -0.05) is 31.6 Å². The number of methoxy groups -OCH3 is 4. The van der Waals surface area contributed by atoms with Crippen LogP contribution in [-0.2, 0) is 27.2 Å². The minimum absolute atomic E-state index is 0.242. The third-order valence-electron chi connectivity index (χ3n) is 4.96. The molecular weight excluding hydrogens is 436 g/mol. The average Bonchev–Trinajstić information content (AvgIpc) is 2.87. The lowest BCUT2D eigenvalue weighted by molar-refractivity contribution is -0.138. The summed E-state index contributed by atoms with van der Waals surface area (Å²) < 4.78 is 26.0. The number of hydrogen-bond acceptors (Lipinski definition) is 7. The van der Waals surface area contributed by atoms with Gasteiger partial charge >= 0.3 is 5.97 Å². The van der Waals surface area contributed by atoms with E-state index in [0.29, 0.717) is 42.9 Å². The number of ether oxygens (including phenoxy) is 5. The van der Waals surface area contributed by atoms with Crippen molar-refractivity contribution in [3.63, 3.8) is 0 Å². The number of esters is 1. The Hall–Kier alpha value is -3.48. The predicted octanol–water partition coefficient (Wildman–Crippen LogP) is 4.98. The summed E-state index contributed by atoms with van der Waals surface area (Å²) >= 11 is 0. The Balaban J connectivity index is 0.000000380. The molecule has 7 nitrogen and oxygen atoms in total. The Bertz CT molecular complexity index is 890. The molecule has 0 aliphatic rings. The lowest BCUT2D eigenvalue weighted by atomic mass is 10.0. The van der Waals surface area contributed by atoms with E-state index in [9.17, 15) is 9.59 Å². The van der Waals surface area contributed by atoms with E-state index in [-0.39, 0.29) is 5.97 Å². The average molecular weight is 473 g/mol. The first-order valence-corrected chi connectivity index (χ1v) is 11.2. The largest absolute Gasteiger partial charge is 0.496 e. The fourth-order valence-electron chi connectivity index (χ4n) is 3.35. The second-order valence-corrected chi connectivity index (χ2v) is 7.06. The molecule has 0 spiro atoms. The van der Waals surface area contributed by atoms with Gasteiger partial charge in [-0.25, -0.2) is 4.79 Å². The monoisotopic (exact) mass is 472 g/mol. The maximum absolute atomic E-state index is 11.9. The Kier molecular flexibility index (Phi) is 13.6. The minimum Gasteiger partial charge on any atom is -0.496 e. The summed E-state index contributed by atoms with van der Waals surface area (Å²) in [6, 6.07) is 11.1. The molecule has 0 aromatic heterocycles. The van der Waals surface area contributed by atoms with Gasteiger partial charge in [0.1, 0.15) is 29.3 Å². The molecule has 0 fully saturated rings. The summed E-state index contributed by atoms with van der Waals surface area (Å²) in [5.74, 6) is 2.64. The van der Waals surface area contributed by atoms with Gasteiger partial charge in [-0.3, -0.25) is 0 Å². The second kappa shape index (κ2) is 16.2. The molecule has 0 amide bonds. The molecule has 0 radical (unpaired) electrons. The molecular formula is C27H36O7. The number of hydrogen-bond donors (Lipinski definition) is 0. The van der Waals surface area contributed by atoms with Crippen LogP contribution in [0.5, 0.6) is 23.0 Å². The third kappa shape index (κ3) is 8.46. The van der Waals surface area contributed by atoms with Crippen molar-refractivity contribution in [2.24, 2.45) is 0 Å². The highest BCUT2D eigenvalue weighted by molar-refractivity contribution is 5.88. The Morgan fingerprint density at radius 3 is 1.56 bits per heavy atom. The van der Waals surface area contributed by atoms with Gasteiger partial charge in [0, 0.05) is 23.1 Å². The number of carbonyl (C=O) groups is 2. The van der Waals surface area contributed by atoms with E-state index in [1.165, 1.54) is 0 Å². The summed E-state index contributed by atoms with van der Waals surface area (Å²) in [7, 11) is 6.40. The number of aldehydes is 1. The van der Waals surface area contributed by atoms with Crippen molar-refractivity contribution in [3.8, 4) is 23.0 Å².